The highest BCUT2D eigenvalue weighted by molar-refractivity contribution is 5.32. The van der Waals surface area contributed by atoms with E-state index in [1.54, 1.807) is 0 Å². The molecule has 0 radical (unpaired) electrons. The lowest BCUT2D eigenvalue weighted by atomic mass is 10.3. The lowest BCUT2D eigenvalue weighted by Gasteiger charge is -2.01. The summed E-state index contributed by atoms with van der Waals surface area (Å²) in [6.07, 6.45) is 7.06. The maximum Gasteiger partial charge on any atom is 0.234 e. The van der Waals surface area contributed by atoms with Gasteiger partial charge in [-0.1, -0.05) is 19.8 Å². The minimum absolute atomic E-state index is 0.585. The van der Waals surface area contributed by atoms with Crippen molar-refractivity contribution in [3.8, 4) is 0 Å². The first-order valence-electron chi connectivity index (χ1n) is 5.03. The van der Waals surface area contributed by atoms with Gasteiger partial charge in [-0.3, -0.25) is 0 Å². The fourth-order valence-electron chi connectivity index (χ4n) is 0.997. The largest absolute Gasteiger partial charge is 0.381 e. The summed E-state index contributed by atoms with van der Waals surface area (Å²) < 4.78 is 5.38. The number of hydrogen-bond donors (Lipinski definition) is 0. The summed E-state index contributed by atoms with van der Waals surface area (Å²) >= 11 is 0. The Morgan fingerprint density at radius 3 is 2.46 bits per heavy atom. The van der Waals surface area contributed by atoms with Crippen molar-refractivity contribution in [1.82, 2.24) is 0 Å². The van der Waals surface area contributed by atoms with Gasteiger partial charge in [0.2, 0.25) is 6.08 Å². The molecule has 0 aliphatic carbocycles. The second kappa shape index (κ2) is 11.3. The highest BCUT2D eigenvalue weighted by Crippen LogP contribution is 1.96. The average molecular weight is 185 g/mol. The number of carbonyl (C=O) groups excluding carboxylic acids is 1. The molecule has 0 atom stereocenters. The normalized spacial score (nSPS) is 9.62. The Hall–Kier alpha value is -0.660. The molecule has 0 aromatic rings. The summed E-state index contributed by atoms with van der Waals surface area (Å²) in [6.45, 7) is 4.42. The molecule has 0 spiro atoms. The van der Waals surface area contributed by atoms with Crippen molar-refractivity contribution in [2.24, 2.45) is 4.99 Å². The van der Waals surface area contributed by atoms with Crippen LogP contribution in [0.2, 0.25) is 0 Å². The molecule has 0 aliphatic rings. The molecule has 0 rings (SSSR count). The lowest BCUT2D eigenvalue weighted by Crippen LogP contribution is -1.97. The van der Waals surface area contributed by atoms with Crippen LogP contribution in [0.3, 0.4) is 0 Å². The number of isocyanates is 1. The van der Waals surface area contributed by atoms with Crippen LogP contribution >= 0.6 is 0 Å². The number of rotatable bonds is 9. The Morgan fingerprint density at radius 1 is 1.15 bits per heavy atom. The Labute approximate surface area is 80.2 Å². The molecule has 0 heterocycles. The Bertz CT molecular complexity index is 142. The molecule has 0 aliphatic heterocycles. The highest BCUT2D eigenvalue weighted by atomic mass is 16.5. The van der Waals surface area contributed by atoms with Gasteiger partial charge in [0, 0.05) is 13.2 Å². The molecule has 0 aromatic heterocycles. The van der Waals surface area contributed by atoms with Crippen LogP contribution in [0, 0.1) is 0 Å². The van der Waals surface area contributed by atoms with Gasteiger partial charge in [0.1, 0.15) is 0 Å². The Balaban J connectivity index is 2.87. The van der Waals surface area contributed by atoms with Crippen LogP contribution in [0.1, 0.15) is 39.0 Å². The van der Waals surface area contributed by atoms with Crippen LogP contribution in [0.25, 0.3) is 0 Å². The van der Waals surface area contributed by atoms with E-state index >= 15 is 0 Å². The molecule has 0 N–H and O–H groups in total. The molecular formula is C10H19NO2. The molecule has 0 amide bonds. The summed E-state index contributed by atoms with van der Waals surface area (Å²) in [7, 11) is 0. The third-order valence-corrected chi connectivity index (χ3v) is 1.77. The first-order valence-corrected chi connectivity index (χ1v) is 5.03. The van der Waals surface area contributed by atoms with Gasteiger partial charge in [-0.15, -0.1) is 0 Å². The van der Waals surface area contributed by atoms with E-state index in [4.69, 9.17) is 4.74 Å². The van der Waals surface area contributed by atoms with E-state index in [0.29, 0.717) is 6.54 Å². The molecule has 0 bridgehead atoms. The quantitative estimate of drug-likeness (QED) is 0.314. The van der Waals surface area contributed by atoms with Crippen LogP contribution in [0.15, 0.2) is 4.99 Å². The second-order valence-corrected chi connectivity index (χ2v) is 3.00. The van der Waals surface area contributed by atoms with Gasteiger partial charge >= 0.3 is 0 Å². The SMILES string of the molecule is CCCCCOCCCCN=C=O. The smallest absolute Gasteiger partial charge is 0.234 e. The molecule has 0 aromatic carbocycles. The third-order valence-electron chi connectivity index (χ3n) is 1.77. The zero-order chi connectivity index (χ0) is 9.78. The van der Waals surface area contributed by atoms with E-state index < -0.39 is 0 Å². The fraction of sp³-hybridized carbons (Fsp3) is 0.900. The predicted molar refractivity (Wildman–Crippen MR) is 52.6 cm³/mol. The molecule has 0 unspecified atom stereocenters. The molecule has 76 valence electrons. The van der Waals surface area contributed by atoms with E-state index in [9.17, 15) is 4.79 Å². The van der Waals surface area contributed by atoms with Crippen LogP contribution < -0.4 is 0 Å². The van der Waals surface area contributed by atoms with E-state index in [-0.39, 0.29) is 0 Å². The monoisotopic (exact) mass is 185 g/mol. The molecule has 0 fully saturated rings. The fourth-order valence-corrected chi connectivity index (χ4v) is 0.997. The third kappa shape index (κ3) is 11.3. The zero-order valence-corrected chi connectivity index (χ0v) is 8.42. The minimum Gasteiger partial charge on any atom is -0.381 e. The zero-order valence-electron chi connectivity index (χ0n) is 8.42. The van der Waals surface area contributed by atoms with Crippen molar-refractivity contribution in [2.45, 2.75) is 39.0 Å². The molecule has 0 saturated heterocycles. The van der Waals surface area contributed by atoms with Crippen molar-refractivity contribution in [3.05, 3.63) is 0 Å². The number of unbranched alkanes of at least 4 members (excludes halogenated alkanes) is 3. The van der Waals surface area contributed by atoms with E-state index in [0.717, 1.165) is 32.5 Å². The number of aliphatic imine (C=N–C) groups is 1. The number of hydrogen-bond acceptors (Lipinski definition) is 3. The molecule has 3 nitrogen and oxygen atoms in total. The maximum absolute atomic E-state index is 9.69. The minimum atomic E-state index is 0.585. The van der Waals surface area contributed by atoms with Crippen molar-refractivity contribution < 1.29 is 9.53 Å². The molecule has 13 heavy (non-hydrogen) atoms. The Morgan fingerprint density at radius 2 is 1.85 bits per heavy atom. The van der Waals surface area contributed by atoms with Crippen molar-refractivity contribution in [3.63, 3.8) is 0 Å². The van der Waals surface area contributed by atoms with Gasteiger partial charge < -0.3 is 4.74 Å². The summed E-state index contributed by atoms with van der Waals surface area (Å²) in [6, 6.07) is 0. The first kappa shape index (κ1) is 12.3. The lowest BCUT2D eigenvalue weighted by molar-refractivity contribution is 0.127. The van der Waals surface area contributed by atoms with Gasteiger partial charge in [0.25, 0.3) is 0 Å². The Kier molecular flexibility index (Phi) is 10.8. The van der Waals surface area contributed by atoms with Gasteiger partial charge in [-0.25, -0.2) is 9.79 Å². The van der Waals surface area contributed by atoms with Crippen LogP contribution in [-0.4, -0.2) is 25.8 Å². The van der Waals surface area contributed by atoms with Crippen LogP contribution in [0.4, 0.5) is 0 Å². The van der Waals surface area contributed by atoms with E-state index in [1.807, 2.05) is 0 Å². The second-order valence-electron chi connectivity index (χ2n) is 3.00. The van der Waals surface area contributed by atoms with Gasteiger partial charge in [0.15, 0.2) is 0 Å². The maximum atomic E-state index is 9.69. The number of ether oxygens (including phenoxy) is 1. The summed E-state index contributed by atoms with van der Waals surface area (Å²) in [4.78, 5) is 13.1. The highest BCUT2D eigenvalue weighted by Gasteiger charge is 1.89. The van der Waals surface area contributed by atoms with Crippen LogP contribution in [-0.2, 0) is 9.53 Å². The van der Waals surface area contributed by atoms with Gasteiger partial charge in [-0.05, 0) is 19.3 Å². The number of nitrogens with zero attached hydrogens (tertiary/aromatic N) is 1. The first-order chi connectivity index (χ1) is 6.41. The van der Waals surface area contributed by atoms with Crippen molar-refractivity contribution >= 4 is 6.08 Å². The summed E-state index contributed by atoms with van der Waals surface area (Å²) in [5.74, 6) is 0. The molecule has 0 saturated carbocycles. The molecular weight excluding hydrogens is 166 g/mol. The van der Waals surface area contributed by atoms with Gasteiger partial charge in [0.05, 0.1) is 6.54 Å². The van der Waals surface area contributed by atoms with E-state index in [2.05, 4.69) is 11.9 Å². The summed E-state index contributed by atoms with van der Waals surface area (Å²) in [5, 5.41) is 0. The average Bonchev–Trinajstić information content (AvgIpc) is 2.16. The standard InChI is InChI=1S/C10H19NO2/c1-2-3-5-8-13-9-6-4-7-11-10-12/h2-9H2,1H3. The molecule has 3 heteroatoms. The van der Waals surface area contributed by atoms with Gasteiger partial charge in [-0.2, -0.15) is 0 Å². The topological polar surface area (TPSA) is 38.7 Å². The van der Waals surface area contributed by atoms with Crippen molar-refractivity contribution in [2.75, 3.05) is 19.8 Å². The predicted octanol–water partition coefficient (Wildman–Crippen LogP) is 2.31. The van der Waals surface area contributed by atoms with E-state index in [1.165, 1.54) is 18.9 Å². The van der Waals surface area contributed by atoms with Crippen LogP contribution in [0.5, 0.6) is 0 Å². The summed E-state index contributed by atoms with van der Waals surface area (Å²) in [5.41, 5.74) is 0. The van der Waals surface area contributed by atoms with Crippen molar-refractivity contribution in [1.29, 1.82) is 0 Å².